The number of nitrogens with zero attached hydrogens (tertiary/aromatic N) is 2. The van der Waals surface area contributed by atoms with E-state index >= 15 is 0 Å². The summed E-state index contributed by atoms with van der Waals surface area (Å²) in [7, 11) is 2.17. The molecule has 2 heterocycles. The molecule has 0 aliphatic carbocycles. The van der Waals surface area contributed by atoms with E-state index in [1.54, 1.807) is 0 Å². The average molecular weight is 385 g/mol. The molecule has 144 valence electrons. The van der Waals surface area contributed by atoms with Crippen molar-refractivity contribution in [3.05, 3.63) is 65.4 Å². The Kier molecular flexibility index (Phi) is 6.46. The first-order valence-electron chi connectivity index (χ1n) is 9.70. The zero-order chi connectivity index (χ0) is 17.9. The molecule has 3 aromatic rings. The largest absolute Gasteiger partial charge is 0.487 e. The highest BCUT2D eigenvalue weighted by molar-refractivity contribution is 5.85. The second-order valence-electron chi connectivity index (χ2n) is 7.39. The highest BCUT2D eigenvalue weighted by atomic mass is 35.5. The molecule has 0 amide bonds. The normalized spacial score (nSPS) is 14.9. The van der Waals surface area contributed by atoms with Crippen molar-refractivity contribution in [2.24, 2.45) is 7.05 Å². The van der Waals surface area contributed by atoms with Gasteiger partial charge in [-0.25, -0.2) is 0 Å². The molecule has 1 aliphatic heterocycles. The lowest BCUT2D eigenvalue weighted by Gasteiger charge is -2.26. The van der Waals surface area contributed by atoms with E-state index in [0.717, 1.165) is 12.3 Å². The zero-order valence-electron chi connectivity index (χ0n) is 16.3. The van der Waals surface area contributed by atoms with Crippen LogP contribution in [-0.4, -0.2) is 22.6 Å². The van der Waals surface area contributed by atoms with Gasteiger partial charge < -0.3 is 9.30 Å². The summed E-state index contributed by atoms with van der Waals surface area (Å²) in [5, 5.41) is 1.36. The molecule has 1 saturated heterocycles. The highest BCUT2D eigenvalue weighted by Crippen LogP contribution is 2.29. The number of aryl methyl sites for hydroxylation is 2. The maximum atomic E-state index is 6.22. The number of halogens is 1. The van der Waals surface area contributed by atoms with Crippen LogP contribution >= 0.6 is 12.4 Å². The summed E-state index contributed by atoms with van der Waals surface area (Å²) < 4.78 is 8.54. The van der Waals surface area contributed by atoms with Crippen LogP contribution in [0.25, 0.3) is 10.9 Å². The van der Waals surface area contributed by atoms with E-state index in [1.165, 1.54) is 60.1 Å². The van der Waals surface area contributed by atoms with Gasteiger partial charge >= 0.3 is 0 Å². The number of para-hydroxylation sites is 2. The Morgan fingerprint density at radius 3 is 2.41 bits per heavy atom. The van der Waals surface area contributed by atoms with Gasteiger partial charge in [0.05, 0.1) is 5.69 Å². The van der Waals surface area contributed by atoms with Crippen LogP contribution in [0, 0.1) is 6.92 Å². The SMILES string of the molecule is Cc1ccccc1OCc1c(CN2CCCCC2)c2ccccc2n1C.Cl. The predicted octanol–water partition coefficient (Wildman–Crippen LogP) is 5.47. The van der Waals surface area contributed by atoms with Gasteiger partial charge in [0.2, 0.25) is 0 Å². The van der Waals surface area contributed by atoms with Gasteiger partial charge in [-0.3, -0.25) is 4.90 Å². The third-order valence-corrected chi connectivity index (χ3v) is 5.63. The van der Waals surface area contributed by atoms with Crippen molar-refractivity contribution < 1.29 is 4.74 Å². The van der Waals surface area contributed by atoms with Gasteiger partial charge in [-0.15, -0.1) is 12.4 Å². The number of piperidine rings is 1. The Morgan fingerprint density at radius 1 is 0.926 bits per heavy atom. The maximum absolute atomic E-state index is 6.22. The van der Waals surface area contributed by atoms with Gasteiger partial charge in [0.1, 0.15) is 12.4 Å². The van der Waals surface area contributed by atoms with Crippen molar-refractivity contribution in [3.63, 3.8) is 0 Å². The van der Waals surface area contributed by atoms with Crippen molar-refractivity contribution in [3.8, 4) is 5.75 Å². The molecule has 4 heteroatoms. The van der Waals surface area contributed by atoms with Crippen molar-refractivity contribution in [2.75, 3.05) is 13.1 Å². The molecule has 0 atom stereocenters. The van der Waals surface area contributed by atoms with E-state index in [4.69, 9.17) is 4.74 Å². The van der Waals surface area contributed by atoms with E-state index in [9.17, 15) is 0 Å². The van der Waals surface area contributed by atoms with E-state index in [2.05, 4.69) is 65.9 Å². The number of ether oxygens (including phenoxy) is 1. The van der Waals surface area contributed by atoms with E-state index in [1.807, 2.05) is 6.07 Å². The van der Waals surface area contributed by atoms with Gasteiger partial charge in [0.15, 0.2) is 0 Å². The monoisotopic (exact) mass is 384 g/mol. The third kappa shape index (κ3) is 4.15. The summed E-state index contributed by atoms with van der Waals surface area (Å²) in [4.78, 5) is 2.60. The van der Waals surface area contributed by atoms with Gasteiger partial charge in [-0.05, 0) is 56.1 Å². The lowest BCUT2D eigenvalue weighted by Crippen LogP contribution is -2.29. The van der Waals surface area contributed by atoms with E-state index < -0.39 is 0 Å². The molecular formula is C23H29ClN2O. The number of hydrogen-bond donors (Lipinski definition) is 0. The standard InChI is InChI=1S/C23H28N2O.ClH/c1-18-10-4-7-13-23(18)26-17-22-20(16-25-14-8-3-9-15-25)19-11-5-6-12-21(19)24(22)2;/h4-7,10-13H,3,8-9,14-17H2,1-2H3;1H. The Bertz CT molecular complexity index is 897. The fourth-order valence-corrected chi connectivity index (χ4v) is 4.09. The summed E-state index contributed by atoms with van der Waals surface area (Å²) >= 11 is 0. The van der Waals surface area contributed by atoms with Crippen LogP contribution in [0.4, 0.5) is 0 Å². The third-order valence-electron chi connectivity index (χ3n) is 5.63. The number of hydrogen-bond acceptors (Lipinski definition) is 2. The molecule has 0 saturated carbocycles. The number of rotatable bonds is 5. The first-order valence-corrected chi connectivity index (χ1v) is 9.70. The van der Waals surface area contributed by atoms with Crippen LogP contribution < -0.4 is 4.74 Å². The molecule has 1 aromatic heterocycles. The molecular weight excluding hydrogens is 356 g/mol. The number of benzene rings is 2. The Labute approximate surface area is 168 Å². The first kappa shape index (κ1) is 19.8. The quantitative estimate of drug-likeness (QED) is 0.580. The fraction of sp³-hybridized carbons (Fsp3) is 0.391. The Morgan fingerprint density at radius 2 is 1.63 bits per heavy atom. The van der Waals surface area contributed by atoms with Gasteiger partial charge in [-0.1, -0.05) is 42.8 Å². The van der Waals surface area contributed by atoms with E-state index in [0.29, 0.717) is 6.61 Å². The Hall–Kier alpha value is -1.97. The molecule has 0 radical (unpaired) electrons. The second kappa shape index (κ2) is 8.81. The van der Waals surface area contributed by atoms with Crippen molar-refractivity contribution in [1.82, 2.24) is 9.47 Å². The van der Waals surface area contributed by atoms with Crippen LogP contribution in [0.3, 0.4) is 0 Å². The Balaban J connectivity index is 0.00000210. The van der Waals surface area contributed by atoms with Crippen LogP contribution in [0.1, 0.15) is 36.1 Å². The van der Waals surface area contributed by atoms with Crippen molar-refractivity contribution in [1.29, 1.82) is 0 Å². The van der Waals surface area contributed by atoms with Crippen LogP contribution in [-0.2, 0) is 20.2 Å². The van der Waals surface area contributed by atoms with Crippen LogP contribution in [0.2, 0.25) is 0 Å². The van der Waals surface area contributed by atoms with Crippen molar-refractivity contribution >= 4 is 23.3 Å². The number of likely N-dealkylation sites (tertiary alicyclic amines) is 1. The van der Waals surface area contributed by atoms with Crippen molar-refractivity contribution in [2.45, 2.75) is 39.3 Å². The van der Waals surface area contributed by atoms with E-state index in [-0.39, 0.29) is 12.4 Å². The minimum Gasteiger partial charge on any atom is -0.487 e. The molecule has 27 heavy (non-hydrogen) atoms. The summed E-state index contributed by atoms with van der Waals surface area (Å²) in [6, 6.07) is 17.0. The smallest absolute Gasteiger partial charge is 0.129 e. The minimum atomic E-state index is 0. The lowest BCUT2D eigenvalue weighted by atomic mass is 10.1. The molecule has 2 aromatic carbocycles. The lowest BCUT2D eigenvalue weighted by molar-refractivity contribution is 0.218. The molecule has 0 bridgehead atoms. The highest BCUT2D eigenvalue weighted by Gasteiger charge is 2.19. The molecule has 0 unspecified atom stereocenters. The summed E-state index contributed by atoms with van der Waals surface area (Å²) in [6.07, 6.45) is 4.01. The minimum absolute atomic E-state index is 0. The zero-order valence-corrected chi connectivity index (χ0v) is 17.1. The fourth-order valence-electron chi connectivity index (χ4n) is 4.09. The molecule has 0 N–H and O–H groups in total. The van der Waals surface area contributed by atoms with Gasteiger partial charge in [-0.2, -0.15) is 0 Å². The summed E-state index contributed by atoms with van der Waals surface area (Å²) in [6.45, 7) is 6.15. The topological polar surface area (TPSA) is 17.4 Å². The second-order valence-corrected chi connectivity index (χ2v) is 7.39. The molecule has 1 fully saturated rings. The first-order chi connectivity index (χ1) is 12.7. The van der Waals surface area contributed by atoms with Crippen LogP contribution in [0.5, 0.6) is 5.75 Å². The predicted molar refractivity (Wildman–Crippen MR) is 115 cm³/mol. The average Bonchev–Trinajstić information content (AvgIpc) is 2.94. The van der Waals surface area contributed by atoms with Gasteiger partial charge in [0, 0.05) is 24.5 Å². The number of aromatic nitrogens is 1. The molecule has 3 nitrogen and oxygen atoms in total. The molecule has 4 rings (SSSR count). The molecule has 1 aliphatic rings. The van der Waals surface area contributed by atoms with Gasteiger partial charge in [0.25, 0.3) is 0 Å². The molecule has 0 spiro atoms. The van der Waals surface area contributed by atoms with Crippen LogP contribution in [0.15, 0.2) is 48.5 Å². The summed E-state index contributed by atoms with van der Waals surface area (Å²) in [5.41, 5.74) is 5.20. The number of fused-ring (bicyclic) bond motifs is 1. The summed E-state index contributed by atoms with van der Waals surface area (Å²) in [5.74, 6) is 0.974. The maximum Gasteiger partial charge on any atom is 0.129 e.